The van der Waals surface area contributed by atoms with Crippen molar-refractivity contribution in [3.05, 3.63) is 34.4 Å². The van der Waals surface area contributed by atoms with Gasteiger partial charge in [0.2, 0.25) is 0 Å². The number of hydrogen-bond acceptors (Lipinski definition) is 5. The maximum absolute atomic E-state index is 11.9. The summed E-state index contributed by atoms with van der Waals surface area (Å²) < 4.78 is 4.50. The first kappa shape index (κ1) is 16.4. The highest BCUT2D eigenvalue weighted by Crippen LogP contribution is 2.17. The molecule has 8 heteroatoms. The van der Waals surface area contributed by atoms with Gasteiger partial charge in [0.15, 0.2) is 0 Å². The lowest BCUT2D eigenvalue weighted by Gasteiger charge is -2.17. The number of urea groups is 1. The van der Waals surface area contributed by atoms with Gasteiger partial charge in [0.1, 0.15) is 0 Å². The Morgan fingerprint density at radius 3 is 2.76 bits per heavy atom. The number of nitro benzene ring substituents is 1. The number of carbonyl (C=O) groups is 2. The zero-order valence-electron chi connectivity index (χ0n) is 11.9. The van der Waals surface area contributed by atoms with Crippen molar-refractivity contribution in [1.29, 1.82) is 0 Å². The highest BCUT2D eigenvalue weighted by molar-refractivity contribution is 5.89. The van der Waals surface area contributed by atoms with Crippen LogP contribution in [0.4, 0.5) is 16.2 Å². The van der Waals surface area contributed by atoms with Gasteiger partial charge in [-0.05, 0) is 12.5 Å². The Morgan fingerprint density at radius 2 is 2.14 bits per heavy atom. The van der Waals surface area contributed by atoms with E-state index in [9.17, 15) is 19.7 Å². The summed E-state index contributed by atoms with van der Waals surface area (Å²) in [4.78, 5) is 34.3. The van der Waals surface area contributed by atoms with E-state index in [4.69, 9.17) is 0 Å². The van der Waals surface area contributed by atoms with E-state index in [0.717, 1.165) is 0 Å². The van der Waals surface area contributed by atoms with Crippen molar-refractivity contribution in [2.45, 2.75) is 12.8 Å². The normalized spacial score (nSPS) is 9.81. The van der Waals surface area contributed by atoms with E-state index in [1.807, 2.05) is 0 Å². The molecule has 0 spiro atoms. The molecule has 8 nitrogen and oxygen atoms in total. The lowest BCUT2D eigenvalue weighted by atomic mass is 10.3. The lowest BCUT2D eigenvalue weighted by Crippen LogP contribution is -2.32. The topological polar surface area (TPSA) is 102 Å². The fourth-order valence-corrected chi connectivity index (χ4v) is 1.58. The van der Waals surface area contributed by atoms with E-state index < -0.39 is 11.0 Å². The Labute approximate surface area is 121 Å². The van der Waals surface area contributed by atoms with Crippen LogP contribution in [0.15, 0.2) is 24.3 Å². The number of carbonyl (C=O) groups excluding carboxylic acids is 2. The smallest absolute Gasteiger partial charge is 0.321 e. The lowest BCUT2D eigenvalue weighted by molar-refractivity contribution is -0.384. The molecule has 0 atom stereocenters. The molecule has 0 saturated heterocycles. The molecule has 0 unspecified atom stereocenters. The Kier molecular flexibility index (Phi) is 6.12. The standard InChI is InChI=1S/C13H17N3O5/c1-15(8-4-7-12(17)21-2)13(18)14-10-5-3-6-11(9-10)16(19)20/h3,5-6,9H,4,7-8H2,1-2H3,(H,14,18). The third kappa shape index (κ3) is 5.47. The maximum atomic E-state index is 11.9. The molecule has 0 aliphatic carbocycles. The Balaban J connectivity index is 2.50. The number of nitrogens with zero attached hydrogens (tertiary/aromatic N) is 2. The van der Waals surface area contributed by atoms with E-state index in [2.05, 4.69) is 10.1 Å². The molecule has 0 aliphatic heterocycles. The summed E-state index contributed by atoms with van der Waals surface area (Å²) in [5.41, 5.74) is 0.246. The molecule has 21 heavy (non-hydrogen) atoms. The van der Waals surface area contributed by atoms with Gasteiger partial charge in [-0.25, -0.2) is 4.79 Å². The van der Waals surface area contributed by atoms with Gasteiger partial charge in [0, 0.05) is 37.8 Å². The summed E-state index contributed by atoms with van der Waals surface area (Å²) in [7, 11) is 2.88. The first-order chi connectivity index (χ1) is 9.93. The first-order valence-electron chi connectivity index (χ1n) is 6.27. The van der Waals surface area contributed by atoms with Gasteiger partial charge in [-0.1, -0.05) is 6.07 Å². The Hall–Kier alpha value is -2.64. The van der Waals surface area contributed by atoms with Crippen LogP contribution >= 0.6 is 0 Å². The van der Waals surface area contributed by atoms with E-state index in [-0.39, 0.29) is 18.1 Å². The highest BCUT2D eigenvalue weighted by Gasteiger charge is 2.12. The number of nitrogens with one attached hydrogen (secondary N) is 1. The van der Waals surface area contributed by atoms with Gasteiger partial charge >= 0.3 is 12.0 Å². The molecule has 0 aromatic heterocycles. The Morgan fingerprint density at radius 1 is 1.43 bits per heavy atom. The van der Waals surface area contributed by atoms with Gasteiger partial charge in [-0.2, -0.15) is 0 Å². The number of ether oxygens (including phenoxy) is 1. The maximum Gasteiger partial charge on any atom is 0.321 e. The molecule has 0 saturated carbocycles. The second-order valence-electron chi connectivity index (χ2n) is 4.34. The van der Waals surface area contributed by atoms with Gasteiger partial charge in [0.25, 0.3) is 5.69 Å². The average molecular weight is 295 g/mol. The molecule has 1 aromatic carbocycles. The summed E-state index contributed by atoms with van der Waals surface area (Å²) in [6.45, 7) is 0.371. The van der Waals surface area contributed by atoms with Crippen LogP contribution in [0.2, 0.25) is 0 Å². The van der Waals surface area contributed by atoms with E-state index >= 15 is 0 Å². The van der Waals surface area contributed by atoms with Crippen LogP contribution in [-0.2, 0) is 9.53 Å². The predicted octanol–water partition coefficient (Wildman–Crippen LogP) is 2.01. The second-order valence-corrected chi connectivity index (χ2v) is 4.34. The fraction of sp³-hybridized carbons (Fsp3) is 0.385. The third-order valence-electron chi connectivity index (χ3n) is 2.76. The molecule has 1 N–H and O–H groups in total. The van der Waals surface area contributed by atoms with Crippen molar-refractivity contribution >= 4 is 23.4 Å². The van der Waals surface area contributed by atoms with Gasteiger partial charge in [-0.3, -0.25) is 14.9 Å². The largest absolute Gasteiger partial charge is 0.469 e. The SMILES string of the molecule is COC(=O)CCCN(C)C(=O)Nc1cccc([N+](=O)[O-])c1. The monoisotopic (exact) mass is 295 g/mol. The number of esters is 1. The van der Waals surface area contributed by atoms with Crippen molar-refractivity contribution in [2.75, 3.05) is 26.0 Å². The highest BCUT2D eigenvalue weighted by atomic mass is 16.6. The molecule has 0 fully saturated rings. The zero-order valence-corrected chi connectivity index (χ0v) is 11.9. The molecular weight excluding hydrogens is 278 g/mol. The summed E-state index contributed by atoms with van der Waals surface area (Å²) in [5, 5.41) is 13.2. The van der Waals surface area contributed by atoms with E-state index in [1.54, 1.807) is 13.1 Å². The molecule has 0 bridgehead atoms. The van der Waals surface area contributed by atoms with Crippen LogP contribution in [0.5, 0.6) is 0 Å². The van der Waals surface area contributed by atoms with Crippen LogP contribution < -0.4 is 5.32 Å². The fourth-order valence-electron chi connectivity index (χ4n) is 1.58. The second kappa shape index (κ2) is 7.83. The van der Waals surface area contributed by atoms with Crippen molar-refractivity contribution in [3.63, 3.8) is 0 Å². The van der Waals surface area contributed by atoms with Gasteiger partial charge in [0.05, 0.1) is 12.0 Å². The number of benzene rings is 1. The molecule has 2 amide bonds. The summed E-state index contributed by atoms with van der Waals surface area (Å²) in [5.74, 6) is -0.331. The zero-order chi connectivity index (χ0) is 15.8. The van der Waals surface area contributed by atoms with E-state index in [0.29, 0.717) is 18.7 Å². The minimum atomic E-state index is -0.532. The van der Waals surface area contributed by atoms with Crippen molar-refractivity contribution in [1.82, 2.24) is 4.90 Å². The summed E-state index contributed by atoms with van der Waals surface area (Å²) in [6, 6.07) is 5.27. The number of amides is 2. The summed E-state index contributed by atoms with van der Waals surface area (Å²) in [6.07, 6.45) is 0.705. The van der Waals surface area contributed by atoms with Gasteiger partial charge in [-0.15, -0.1) is 0 Å². The number of methoxy groups -OCH3 is 1. The molecule has 0 heterocycles. The van der Waals surface area contributed by atoms with Crippen LogP contribution in [0.3, 0.4) is 0 Å². The van der Waals surface area contributed by atoms with Gasteiger partial charge < -0.3 is 15.0 Å². The van der Waals surface area contributed by atoms with Crippen LogP contribution in [0.25, 0.3) is 0 Å². The molecule has 1 aromatic rings. The third-order valence-corrected chi connectivity index (χ3v) is 2.76. The van der Waals surface area contributed by atoms with Crippen LogP contribution in [0, 0.1) is 10.1 Å². The molecule has 1 rings (SSSR count). The molecular formula is C13H17N3O5. The molecule has 114 valence electrons. The average Bonchev–Trinajstić information content (AvgIpc) is 2.47. The quantitative estimate of drug-likeness (QED) is 0.491. The minimum Gasteiger partial charge on any atom is -0.469 e. The number of rotatable bonds is 6. The molecule has 0 radical (unpaired) electrons. The minimum absolute atomic E-state index is 0.0962. The number of hydrogen-bond donors (Lipinski definition) is 1. The van der Waals surface area contributed by atoms with Crippen molar-refractivity contribution in [2.24, 2.45) is 0 Å². The van der Waals surface area contributed by atoms with Crippen molar-refractivity contribution < 1.29 is 19.2 Å². The van der Waals surface area contributed by atoms with Crippen LogP contribution in [-0.4, -0.2) is 42.5 Å². The van der Waals surface area contributed by atoms with E-state index in [1.165, 1.54) is 30.2 Å². The number of anilines is 1. The predicted molar refractivity (Wildman–Crippen MR) is 76.0 cm³/mol. The van der Waals surface area contributed by atoms with Crippen LogP contribution in [0.1, 0.15) is 12.8 Å². The van der Waals surface area contributed by atoms with Crippen molar-refractivity contribution in [3.8, 4) is 0 Å². The first-order valence-corrected chi connectivity index (χ1v) is 6.27. The Bertz CT molecular complexity index is 532. The summed E-state index contributed by atoms with van der Waals surface area (Å²) >= 11 is 0. The number of nitro groups is 1. The molecule has 0 aliphatic rings. The number of non-ortho nitro benzene ring substituents is 1.